The van der Waals surface area contributed by atoms with E-state index in [4.69, 9.17) is 23.2 Å². The van der Waals surface area contributed by atoms with Gasteiger partial charge in [0.05, 0.1) is 5.56 Å². The van der Waals surface area contributed by atoms with Gasteiger partial charge in [0.2, 0.25) is 0 Å². The Morgan fingerprint density at radius 3 is 2.43 bits per heavy atom. The zero-order chi connectivity index (χ0) is 15.8. The second kappa shape index (κ2) is 5.70. The molecule has 0 bridgehead atoms. The van der Waals surface area contributed by atoms with E-state index >= 15 is 0 Å². The number of aromatic amines is 1. The summed E-state index contributed by atoms with van der Waals surface area (Å²) < 4.78 is 1.17. The van der Waals surface area contributed by atoms with Crippen LogP contribution >= 0.6 is 23.2 Å². The first-order chi connectivity index (χ1) is 9.69. The maximum atomic E-state index is 12.6. The molecule has 0 amide bonds. The minimum atomic E-state index is -0.509. The van der Waals surface area contributed by atoms with E-state index in [1.807, 2.05) is 20.8 Å². The monoisotopic (exact) mass is 326 g/mol. The van der Waals surface area contributed by atoms with Crippen LogP contribution in [-0.2, 0) is 6.54 Å². The minimum Gasteiger partial charge on any atom is -0.297 e. The summed E-state index contributed by atoms with van der Waals surface area (Å²) in [5.41, 5.74) is -0.304. The van der Waals surface area contributed by atoms with Crippen LogP contribution in [0.25, 0.3) is 11.1 Å². The van der Waals surface area contributed by atoms with Crippen molar-refractivity contribution in [2.24, 2.45) is 5.41 Å². The lowest BCUT2D eigenvalue weighted by molar-refractivity contribution is 0.331. The molecule has 0 aliphatic rings. The Kier molecular flexibility index (Phi) is 4.30. The van der Waals surface area contributed by atoms with Gasteiger partial charge >= 0.3 is 5.69 Å². The van der Waals surface area contributed by atoms with E-state index in [-0.39, 0.29) is 16.1 Å². The van der Waals surface area contributed by atoms with Crippen molar-refractivity contribution in [3.63, 3.8) is 0 Å². The SMILES string of the molecule is CC(C)(C)Cn1c(=O)[nH]c(Cl)c(-c2cccc(Cl)c2)c1=O. The summed E-state index contributed by atoms with van der Waals surface area (Å²) in [5, 5.41) is 0.522. The standard InChI is InChI=1S/C15H16Cl2N2O2/c1-15(2,3)8-19-13(20)11(12(17)18-14(19)21)9-5-4-6-10(16)7-9/h4-7H,8H2,1-3H3,(H,18,21). The first-order valence-electron chi connectivity index (χ1n) is 6.47. The van der Waals surface area contributed by atoms with Crippen molar-refractivity contribution < 1.29 is 0 Å². The molecule has 1 N–H and O–H groups in total. The van der Waals surface area contributed by atoms with Crippen LogP contribution < -0.4 is 11.2 Å². The van der Waals surface area contributed by atoms with Crippen LogP contribution in [0.15, 0.2) is 33.9 Å². The summed E-state index contributed by atoms with van der Waals surface area (Å²) in [6.45, 7) is 6.15. The number of hydrogen-bond acceptors (Lipinski definition) is 2. The van der Waals surface area contributed by atoms with Gasteiger partial charge in [-0.05, 0) is 23.1 Å². The van der Waals surface area contributed by atoms with Crippen LogP contribution in [0, 0.1) is 5.41 Å². The van der Waals surface area contributed by atoms with Gasteiger partial charge in [0, 0.05) is 11.6 Å². The highest BCUT2D eigenvalue weighted by Crippen LogP contribution is 2.24. The lowest BCUT2D eigenvalue weighted by atomic mass is 9.97. The van der Waals surface area contributed by atoms with Crippen molar-refractivity contribution in [1.29, 1.82) is 0 Å². The minimum absolute atomic E-state index is 0.0254. The second-order valence-corrected chi connectivity index (χ2v) is 6.90. The molecule has 21 heavy (non-hydrogen) atoms. The number of rotatable bonds is 2. The highest BCUT2D eigenvalue weighted by Gasteiger charge is 2.19. The first-order valence-corrected chi connectivity index (χ1v) is 7.23. The molecular weight excluding hydrogens is 311 g/mol. The number of nitrogens with one attached hydrogen (secondary N) is 1. The van der Waals surface area contributed by atoms with Crippen molar-refractivity contribution in [3.8, 4) is 11.1 Å². The molecule has 0 fully saturated rings. The maximum absolute atomic E-state index is 12.6. The van der Waals surface area contributed by atoms with Gasteiger partial charge in [-0.1, -0.05) is 56.1 Å². The normalized spacial score (nSPS) is 11.7. The van der Waals surface area contributed by atoms with Gasteiger partial charge in [-0.3, -0.25) is 14.3 Å². The zero-order valence-corrected chi connectivity index (χ0v) is 13.5. The van der Waals surface area contributed by atoms with Crippen LogP contribution in [0.5, 0.6) is 0 Å². The van der Waals surface area contributed by atoms with E-state index < -0.39 is 11.2 Å². The van der Waals surface area contributed by atoms with Gasteiger partial charge in [0.25, 0.3) is 5.56 Å². The summed E-state index contributed by atoms with van der Waals surface area (Å²) in [6, 6.07) is 6.81. The molecule has 1 aromatic heterocycles. The fraction of sp³-hybridized carbons (Fsp3) is 0.333. The van der Waals surface area contributed by atoms with E-state index in [0.717, 1.165) is 0 Å². The van der Waals surface area contributed by atoms with Crippen molar-refractivity contribution in [1.82, 2.24) is 9.55 Å². The Morgan fingerprint density at radius 2 is 1.86 bits per heavy atom. The molecule has 0 aliphatic heterocycles. The molecule has 6 heteroatoms. The van der Waals surface area contributed by atoms with Gasteiger partial charge < -0.3 is 0 Å². The van der Waals surface area contributed by atoms with Crippen molar-refractivity contribution in [2.45, 2.75) is 27.3 Å². The largest absolute Gasteiger partial charge is 0.329 e. The molecule has 2 aromatic rings. The van der Waals surface area contributed by atoms with Gasteiger partial charge in [-0.25, -0.2) is 4.79 Å². The van der Waals surface area contributed by atoms with Crippen LogP contribution in [0.4, 0.5) is 0 Å². The summed E-state index contributed by atoms with van der Waals surface area (Å²) in [5.74, 6) is 0. The average molecular weight is 327 g/mol. The molecule has 0 aliphatic carbocycles. The molecule has 0 saturated heterocycles. The summed E-state index contributed by atoms with van der Waals surface area (Å²) in [6.07, 6.45) is 0. The molecule has 0 radical (unpaired) electrons. The molecule has 1 aromatic carbocycles. The van der Waals surface area contributed by atoms with Crippen LogP contribution in [0.1, 0.15) is 20.8 Å². The third-order valence-corrected chi connectivity index (χ3v) is 3.40. The molecular formula is C15H16Cl2N2O2. The van der Waals surface area contributed by atoms with E-state index in [1.54, 1.807) is 24.3 Å². The van der Waals surface area contributed by atoms with Gasteiger partial charge in [-0.2, -0.15) is 0 Å². The fourth-order valence-electron chi connectivity index (χ4n) is 2.06. The number of halogens is 2. The van der Waals surface area contributed by atoms with E-state index in [1.165, 1.54) is 4.57 Å². The molecule has 0 spiro atoms. The quantitative estimate of drug-likeness (QED) is 0.858. The molecule has 4 nitrogen and oxygen atoms in total. The zero-order valence-electron chi connectivity index (χ0n) is 12.0. The molecule has 112 valence electrons. The Bertz CT molecular complexity index is 785. The van der Waals surface area contributed by atoms with Crippen molar-refractivity contribution >= 4 is 23.2 Å². The number of aromatic nitrogens is 2. The van der Waals surface area contributed by atoms with Crippen LogP contribution in [0.3, 0.4) is 0 Å². The summed E-state index contributed by atoms with van der Waals surface area (Å²) in [7, 11) is 0. The summed E-state index contributed by atoms with van der Waals surface area (Å²) >= 11 is 12.0. The topological polar surface area (TPSA) is 54.9 Å². The lowest BCUT2D eigenvalue weighted by Gasteiger charge is -2.19. The Hall–Kier alpha value is -1.52. The van der Waals surface area contributed by atoms with Crippen LogP contribution in [-0.4, -0.2) is 9.55 Å². The van der Waals surface area contributed by atoms with Crippen molar-refractivity contribution in [3.05, 3.63) is 55.3 Å². The maximum Gasteiger partial charge on any atom is 0.329 e. The molecule has 2 rings (SSSR count). The smallest absolute Gasteiger partial charge is 0.297 e. The first kappa shape index (κ1) is 15.9. The van der Waals surface area contributed by atoms with Crippen LogP contribution in [0.2, 0.25) is 10.2 Å². The highest BCUT2D eigenvalue weighted by atomic mass is 35.5. The number of benzene rings is 1. The third-order valence-electron chi connectivity index (χ3n) is 2.89. The number of H-pyrrole nitrogens is 1. The molecule has 0 unspecified atom stereocenters. The van der Waals surface area contributed by atoms with Gasteiger partial charge in [0.15, 0.2) is 0 Å². The lowest BCUT2D eigenvalue weighted by Crippen LogP contribution is -2.39. The van der Waals surface area contributed by atoms with Gasteiger partial charge in [-0.15, -0.1) is 0 Å². The second-order valence-electron chi connectivity index (χ2n) is 6.08. The fourth-order valence-corrected chi connectivity index (χ4v) is 2.52. The Morgan fingerprint density at radius 1 is 1.19 bits per heavy atom. The highest BCUT2D eigenvalue weighted by molar-refractivity contribution is 6.32. The Labute approximate surface area is 132 Å². The third kappa shape index (κ3) is 3.57. The van der Waals surface area contributed by atoms with Gasteiger partial charge in [0.1, 0.15) is 5.15 Å². The predicted octanol–water partition coefficient (Wildman–Crippen LogP) is 3.56. The van der Waals surface area contributed by atoms with E-state index in [2.05, 4.69) is 4.98 Å². The number of nitrogens with zero attached hydrogens (tertiary/aromatic N) is 1. The van der Waals surface area contributed by atoms with E-state index in [9.17, 15) is 9.59 Å². The molecule has 0 atom stereocenters. The van der Waals surface area contributed by atoms with E-state index in [0.29, 0.717) is 17.1 Å². The molecule has 1 heterocycles. The predicted molar refractivity (Wildman–Crippen MR) is 86.2 cm³/mol. The van der Waals surface area contributed by atoms with Crippen molar-refractivity contribution in [2.75, 3.05) is 0 Å². The Balaban J connectivity index is 2.71. The molecule has 0 saturated carbocycles. The average Bonchev–Trinajstić information content (AvgIpc) is 2.33. The number of hydrogen-bond donors (Lipinski definition) is 1. The summed E-state index contributed by atoms with van der Waals surface area (Å²) in [4.78, 5) is 27.1.